The van der Waals surface area contributed by atoms with E-state index in [1.54, 1.807) is 24.4 Å². The molecule has 1 N–H and O–H groups in total. The van der Waals surface area contributed by atoms with Crippen LogP contribution >= 0.6 is 0 Å². The molecule has 0 aliphatic heterocycles. The number of sulfonamides is 1. The van der Waals surface area contributed by atoms with Gasteiger partial charge in [-0.05, 0) is 36.4 Å². The summed E-state index contributed by atoms with van der Waals surface area (Å²) in [5.41, 5.74) is 1.31. The smallest absolute Gasteiger partial charge is 0.336 e. The Hall–Kier alpha value is -2.84. The molecule has 128 valence electrons. The molecule has 25 heavy (non-hydrogen) atoms. The van der Waals surface area contributed by atoms with Gasteiger partial charge in [0, 0.05) is 25.7 Å². The van der Waals surface area contributed by atoms with E-state index in [9.17, 15) is 18.3 Å². The van der Waals surface area contributed by atoms with E-state index in [-0.39, 0.29) is 15.8 Å². The van der Waals surface area contributed by atoms with Crippen LogP contribution in [0, 0.1) is 0 Å². The van der Waals surface area contributed by atoms with E-state index in [1.165, 1.54) is 38.4 Å². The Morgan fingerprint density at radius 1 is 1.08 bits per heavy atom. The molecule has 0 unspecified atom stereocenters. The van der Waals surface area contributed by atoms with Gasteiger partial charge >= 0.3 is 5.97 Å². The lowest BCUT2D eigenvalue weighted by atomic mass is 10.1. The van der Waals surface area contributed by atoms with Crippen molar-refractivity contribution >= 4 is 26.9 Å². The standard InChI is InChI=1S/C17H15N3O4S/c1-20(2)25(23,24)11-6-7-14-12(9-11)13(17(21)22)10-16(19-14)15-5-3-4-8-18-15/h3-10H,1-2H3,(H,21,22). The van der Waals surface area contributed by atoms with Crippen LogP contribution < -0.4 is 0 Å². The van der Waals surface area contributed by atoms with Gasteiger partial charge in [-0.3, -0.25) is 4.98 Å². The van der Waals surface area contributed by atoms with Crippen LogP contribution in [0.5, 0.6) is 0 Å². The largest absolute Gasteiger partial charge is 0.478 e. The van der Waals surface area contributed by atoms with Crippen molar-refractivity contribution < 1.29 is 18.3 Å². The molecule has 0 aliphatic carbocycles. The third-order valence-electron chi connectivity index (χ3n) is 3.72. The number of aromatic carboxylic acids is 1. The molecule has 0 amide bonds. The van der Waals surface area contributed by atoms with Gasteiger partial charge in [0.2, 0.25) is 10.0 Å². The molecule has 0 radical (unpaired) electrons. The van der Waals surface area contributed by atoms with Crippen LogP contribution in [-0.2, 0) is 10.0 Å². The number of benzene rings is 1. The van der Waals surface area contributed by atoms with Crippen LogP contribution in [0.4, 0.5) is 0 Å². The Bertz CT molecular complexity index is 1060. The van der Waals surface area contributed by atoms with Crippen LogP contribution in [0.3, 0.4) is 0 Å². The van der Waals surface area contributed by atoms with Gasteiger partial charge in [-0.2, -0.15) is 0 Å². The van der Waals surface area contributed by atoms with E-state index in [0.29, 0.717) is 16.9 Å². The van der Waals surface area contributed by atoms with Crippen molar-refractivity contribution in [2.45, 2.75) is 4.90 Å². The third-order valence-corrected chi connectivity index (χ3v) is 5.53. The first-order valence-electron chi connectivity index (χ1n) is 7.33. The maximum absolute atomic E-state index is 12.3. The highest BCUT2D eigenvalue weighted by atomic mass is 32.2. The summed E-state index contributed by atoms with van der Waals surface area (Å²) in [6.45, 7) is 0. The number of hydrogen-bond acceptors (Lipinski definition) is 5. The zero-order valence-corrected chi connectivity index (χ0v) is 14.4. The summed E-state index contributed by atoms with van der Waals surface area (Å²) in [6.07, 6.45) is 1.59. The van der Waals surface area contributed by atoms with E-state index in [1.807, 2.05) is 0 Å². The quantitative estimate of drug-likeness (QED) is 0.768. The minimum Gasteiger partial charge on any atom is -0.478 e. The molecule has 7 nitrogen and oxygen atoms in total. The highest BCUT2D eigenvalue weighted by Gasteiger charge is 2.20. The molecule has 0 bridgehead atoms. The maximum atomic E-state index is 12.3. The van der Waals surface area contributed by atoms with Crippen molar-refractivity contribution in [1.82, 2.24) is 14.3 Å². The number of pyridine rings is 2. The minimum atomic E-state index is -3.67. The molecule has 2 aromatic heterocycles. The van der Waals surface area contributed by atoms with Crippen molar-refractivity contribution in [3.63, 3.8) is 0 Å². The first-order valence-corrected chi connectivity index (χ1v) is 8.77. The van der Waals surface area contributed by atoms with Crippen molar-refractivity contribution in [2.75, 3.05) is 14.1 Å². The van der Waals surface area contributed by atoms with Gasteiger partial charge < -0.3 is 5.11 Å². The van der Waals surface area contributed by atoms with Crippen LogP contribution in [0.1, 0.15) is 10.4 Å². The lowest BCUT2D eigenvalue weighted by Crippen LogP contribution is -2.22. The second-order valence-electron chi connectivity index (χ2n) is 5.54. The summed E-state index contributed by atoms with van der Waals surface area (Å²) in [5.74, 6) is -1.16. The van der Waals surface area contributed by atoms with Crippen LogP contribution in [0.25, 0.3) is 22.3 Å². The average molecular weight is 357 g/mol. The topological polar surface area (TPSA) is 100 Å². The number of carboxylic acid groups (broad SMARTS) is 1. The SMILES string of the molecule is CN(C)S(=O)(=O)c1ccc2nc(-c3ccccn3)cc(C(=O)O)c2c1. The predicted octanol–water partition coefficient (Wildman–Crippen LogP) is 2.25. The summed E-state index contributed by atoms with van der Waals surface area (Å²) >= 11 is 0. The minimum absolute atomic E-state index is 0.0138. The number of nitrogens with zero attached hydrogens (tertiary/aromatic N) is 3. The van der Waals surface area contributed by atoms with Gasteiger partial charge in [0.05, 0.1) is 27.4 Å². The van der Waals surface area contributed by atoms with E-state index >= 15 is 0 Å². The van der Waals surface area contributed by atoms with Crippen molar-refractivity contribution in [3.05, 3.63) is 54.2 Å². The molecule has 3 aromatic rings. The van der Waals surface area contributed by atoms with Gasteiger partial charge in [0.15, 0.2) is 0 Å². The summed E-state index contributed by atoms with van der Waals surface area (Å²) in [6, 6.07) is 10.9. The number of carboxylic acids is 1. The molecule has 0 aliphatic rings. The van der Waals surface area contributed by atoms with Gasteiger partial charge in [0.25, 0.3) is 0 Å². The summed E-state index contributed by atoms with van der Waals surface area (Å²) < 4.78 is 25.7. The van der Waals surface area contributed by atoms with Crippen LogP contribution in [-0.4, -0.2) is 47.9 Å². The third kappa shape index (κ3) is 3.09. The molecule has 3 rings (SSSR count). The van der Waals surface area contributed by atoms with Crippen LogP contribution in [0.15, 0.2) is 53.6 Å². The zero-order chi connectivity index (χ0) is 18.2. The van der Waals surface area contributed by atoms with Gasteiger partial charge in [0.1, 0.15) is 0 Å². The lowest BCUT2D eigenvalue weighted by Gasteiger charge is -2.13. The van der Waals surface area contributed by atoms with Crippen LogP contribution in [0.2, 0.25) is 0 Å². The highest BCUT2D eigenvalue weighted by Crippen LogP contribution is 2.26. The number of carbonyl (C=O) groups is 1. The highest BCUT2D eigenvalue weighted by molar-refractivity contribution is 7.89. The molecule has 0 spiro atoms. The summed E-state index contributed by atoms with van der Waals surface area (Å²) in [7, 11) is -0.839. The Balaban J connectivity index is 2.28. The maximum Gasteiger partial charge on any atom is 0.336 e. The molecule has 8 heteroatoms. The fourth-order valence-electron chi connectivity index (χ4n) is 2.40. The van der Waals surface area contributed by atoms with E-state index in [0.717, 1.165) is 4.31 Å². The van der Waals surface area contributed by atoms with E-state index < -0.39 is 16.0 Å². The van der Waals surface area contributed by atoms with Gasteiger partial charge in [-0.15, -0.1) is 0 Å². The molecule has 0 fully saturated rings. The lowest BCUT2D eigenvalue weighted by molar-refractivity contribution is 0.0699. The summed E-state index contributed by atoms with van der Waals surface area (Å²) in [5, 5.41) is 9.81. The Morgan fingerprint density at radius 3 is 2.44 bits per heavy atom. The van der Waals surface area contributed by atoms with Crippen molar-refractivity contribution in [2.24, 2.45) is 0 Å². The van der Waals surface area contributed by atoms with Crippen molar-refractivity contribution in [1.29, 1.82) is 0 Å². The molecule has 0 saturated heterocycles. The first kappa shape index (κ1) is 17.0. The summed E-state index contributed by atoms with van der Waals surface area (Å²) in [4.78, 5) is 20.3. The van der Waals surface area contributed by atoms with Gasteiger partial charge in [-0.1, -0.05) is 6.07 Å². The predicted molar refractivity (Wildman–Crippen MR) is 92.8 cm³/mol. The zero-order valence-electron chi connectivity index (χ0n) is 13.5. The molecular formula is C17H15N3O4S. The number of aromatic nitrogens is 2. The molecule has 2 heterocycles. The normalized spacial score (nSPS) is 11.8. The molecular weight excluding hydrogens is 342 g/mol. The van der Waals surface area contributed by atoms with E-state index in [2.05, 4.69) is 9.97 Å². The molecule has 1 aromatic carbocycles. The fourth-order valence-corrected chi connectivity index (χ4v) is 3.33. The second-order valence-corrected chi connectivity index (χ2v) is 7.69. The molecule has 0 saturated carbocycles. The monoisotopic (exact) mass is 357 g/mol. The molecule has 0 atom stereocenters. The van der Waals surface area contributed by atoms with Crippen molar-refractivity contribution in [3.8, 4) is 11.4 Å². The number of rotatable bonds is 4. The Morgan fingerprint density at radius 2 is 1.84 bits per heavy atom. The first-order chi connectivity index (χ1) is 11.8. The average Bonchev–Trinajstić information content (AvgIpc) is 2.60. The fraction of sp³-hybridized carbons (Fsp3) is 0.118. The van der Waals surface area contributed by atoms with E-state index in [4.69, 9.17) is 0 Å². The second kappa shape index (κ2) is 6.23. The number of hydrogen-bond donors (Lipinski definition) is 1. The van der Waals surface area contributed by atoms with Gasteiger partial charge in [-0.25, -0.2) is 22.5 Å². The Kier molecular flexibility index (Phi) is 4.23. The number of fused-ring (bicyclic) bond motifs is 1. The Labute approximate surface area is 144 Å².